The Morgan fingerprint density at radius 2 is 1.44 bits per heavy atom. The first-order chi connectivity index (χ1) is 19.8. The van der Waals surface area contributed by atoms with E-state index in [1.165, 1.54) is 21.6 Å². The van der Waals surface area contributed by atoms with Crippen molar-refractivity contribution >= 4 is 47.0 Å². The smallest absolute Gasteiger partial charge is 0.245 e. The lowest BCUT2D eigenvalue weighted by atomic mass is 9.86. The van der Waals surface area contributed by atoms with Gasteiger partial charge < -0.3 is 14.7 Å². The lowest BCUT2D eigenvalue weighted by molar-refractivity contribution is -0.146. The Balaban J connectivity index is 2.54. The topological polar surface area (TPSA) is 115 Å². The van der Waals surface area contributed by atoms with Crippen LogP contribution >= 0.6 is 11.8 Å². The third kappa shape index (κ3) is 13.1. The van der Waals surface area contributed by atoms with Gasteiger partial charge in [-0.1, -0.05) is 48.0 Å². The molecule has 0 N–H and O–H groups in total. The maximum absolute atomic E-state index is 13.3. The van der Waals surface area contributed by atoms with Crippen LogP contribution in [0.2, 0.25) is 0 Å². The lowest BCUT2D eigenvalue weighted by Crippen LogP contribution is -2.51. The molecule has 0 bridgehead atoms. The molecular weight excluding hydrogens is 568 g/mol. The van der Waals surface area contributed by atoms with E-state index in [1.807, 2.05) is 60.5 Å². The van der Waals surface area contributed by atoms with Crippen molar-refractivity contribution < 1.29 is 28.8 Å². The molecule has 0 radical (unpaired) electrons. The van der Waals surface area contributed by atoms with Gasteiger partial charge in [-0.05, 0) is 39.1 Å². The average molecular weight is 625 g/mol. The second kappa shape index (κ2) is 17.3. The molecule has 4 amide bonds. The van der Waals surface area contributed by atoms with Crippen LogP contribution in [0.4, 0.5) is 0 Å². The minimum Gasteiger partial charge on any atom is -0.343 e. The number of carbonyl (C=O) groups excluding carboxylic acids is 6. The number of thioether (sulfide) groups is 1. The Morgan fingerprint density at radius 3 is 2.00 bits per heavy atom. The quantitative estimate of drug-likeness (QED) is 0.168. The standard InChI is InChI=1S/C32H56N4O6S/c1-31(2,3)25(37)15-14-17-36-28(40)22-24(30(36)42)43-20-13-11-12-16-27(39)35(10)23(21-26(38)32(4,5)6)29(41)34(9)19-18-33(7)8/h23-24H,11-22H2,1-10H3. The zero-order chi connectivity index (χ0) is 33.1. The predicted molar refractivity (Wildman–Crippen MR) is 172 cm³/mol. The molecule has 1 fully saturated rings. The van der Waals surface area contributed by atoms with Crippen LogP contribution in [0.25, 0.3) is 0 Å². The molecule has 0 aromatic heterocycles. The fourth-order valence-electron chi connectivity index (χ4n) is 4.51. The Bertz CT molecular complexity index is 1000. The van der Waals surface area contributed by atoms with Crippen molar-refractivity contribution in [2.45, 2.75) is 104 Å². The molecule has 2 unspecified atom stereocenters. The molecule has 0 saturated carbocycles. The Hall–Kier alpha value is -2.27. The van der Waals surface area contributed by atoms with E-state index in [4.69, 9.17) is 0 Å². The third-order valence-electron chi connectivity index (χ3n) is 7.80. The number of hydrogen-bond donors (Lipinski definition) is 0. The van der Waals surface area contributed by atoms with Crippen LogP contribution < -0.4 is 0 Å². The van der Waals surface area contributed by atoms with Gasteiger partial charge in [-0.2, -0.15) is 0 Å². The number of rotatable bonds is 18. The van der Waals surface area contributed by atoms with Crippen LogP contribution in [0, 0.1) is 10.8 Å². The molecule has 2 atom stereocenters. The number of ketones is 2. The van der Waals surface area contributed by atoms with E-state index in [0.717, 1.165) is 12.8 Å². The van der Waals surface area contributed by atoms with E-state index in [9.17, 15) is 28.8 Å². The van der Waals surface area contributed by atoms with Gasteiger partial charge in [-0.15, -0.1) is 11.8 Å². The largest absolute Gasteiger partial charge is 0.343 e. The first kappa shape index (κ1) is 38.8. The summed E-state index contributed by atoms with van der Waals surface area (Å²) in [5.74, 6) is -0.0208. The fourth-order valence-corrected chi connectivity index (χ4v) is 5.69. The summed E-state index contributed by atoms with van der Waals surface area (Å²) in [5, 5.41) is -0.393. The van der Waals surface area contributed by atoms with Crippen LogP contribution in [0.5, 0.6) is 0 Å². The molecular formula is C32H56N4O6S. The molecule has 1 rings (SSSR count). The summed E-state index contributed by atoms with van der Waals surface area (Å²) in [7, 11) is 7.15. The summed E-state index contributed by atoms with van der Waals surface area (Å²) in [6, 6.07) is -0.845. The lowest BCUT2D eigenvalue weighted by Gasteiger charge is -2.32. The molecule has 1 saturated heterocycles. The van der Waals surface area contributed by atoms with Gasteiger partial charge in [0.05, 0.1) is 5.25 Å². The van der Waals surface area contributed by atoms with Crippen molar-refractivity contribution in [3.63, 3.8) is 0 Å². The average Bonchev–Trinajstić information content (AvgIpc) is 3.17. The van der Waals surface area contributed by atoms with E-state index in [1.54, 1.807) is 19.0 Å². The second-order valence-electron chi connectivity index (χ2n) is 14.0. The van der Waals surface area contributed by atoms with Crippen molar-refractivity contribution in [1.29, 1.82) is 0 Å². The fraction of sp³-hybridized carbons (Fsp3) is 0.812. The maximum atomic E-state index is 13.3. The van der Waals surface area contributed by atoms with Gasteiger partial charge in [-0.3, -0.25) is 33.7 Å². The number of carbonyl (C=O) groups is 6. The van der Waals surface area contributed by atoms with E-state index in [2.05, 4.69) is 0 Å². The monoisotopic (exact) mass is 624 g/mol. The number of hydrogen-bond acceptors (Lipinski definition) is 8. The minimum atomic E-state index is -0.845. The van der Waals surface area contributed by atoms with Gasteiger partial charge >= 0.3 is 0 Å². The van der Waals surface area contributed by atoms with Crippen molar-refractivity contribution in [1.82, 2.24) is 19.6 Å². The summed E-state index contributed by atoms with van der Waals surface area (Å²) >= 11 is 1.47. The number of likely N-dealkylation sites (N-methyl/N-ethyl adjacent to an activating group) is 3. The second-order valence-corrected chi connectivity index (χ2v) is 15.3. The Labute approximate surface area is 263 Å². The number of amides is 4. The van der Waals surface area contributed by atoms with Crippen molar-refractivity contribution in [3.8, 4) is 0 Å². The van der Waals surface area contributed by atoms with Crippen LogP contribution in [-0.2, 0) is 28.8 Å². The normalized spacial score (nSPS) is 16.5. The van der Waals surface area contributed by atoms with Crippen molar-refractivity contribution in [2.75, 3.05) is 53.6 Å². The van der Waals surface area contributed by atoms with Crippen LogP contribution in [0.15, 0.2) is 0 Å². The molecule has 0 spiro atoms. The summed E-state index contributed by atoms with van der Waals surface area (Å²) < 4.78 is 0. The van der Waals surface area contributed by atoms with E-state index in [-0.39, 0.29) is 61.0 Å². The van der Waals surface area contributed by atoms with Gasteiger partial charge in [0.25, 0.3) is 0 Å². The van der Waals surface area contributed by atoms with Crippen LogP contribution in [-0.4, -0.2) is 120 Å². The van der Waals surface area contributed by atoms with Crippen molar-refractivity contribution in [2.24, 2.45) is 10.8 Å². The molecule has 1 aliphatic rings. The SMILES string of the molecule is CN(C)CCN(C)C(=O)C(CC(=O)C(C)(C)C)N(C)C(=O)CCCCCSC1CC(=O)N(CCCC(=O)C(C)(C)C)C1=O. The Kier molecular flexibility index (Phi) is 15.6. The summed E-state index contributed by atoms with van der Waals surface area (Å²) in [6.45, 7) is 12.5. The predicted octanol–water partition coefficient (Wildman–Crippen LogP) is 3.66. The number of nitrogens with zero attached hydrogens (tertiary/aromatic N) is 4. The number of likely N-dealkylation sites (tertiary alicyclic amines) is 1. The summed E-state index contributed by atoms with van der Waals surface area (Å²) in [6.07, 6.45) is 3.44. The van der Waals surface area contributed by atoms with Gasteiger partial charge in [-0.25, -0.2) is 0 Å². The maximum Gasteiger partial charge on any atom is 0.245 e. The molecule has 11 heteroatoms. The number of imide groups is 1. The summed E-state index contributed by atoms with van der Waals surface area (Å²) in [4.78, 5) is 82.8. The first-order valence-electron chi connectivity index (χ1n) is 15.4. The van der Waals surface area contributed by atoms with Gasteiger partial charge in [0, 0.05) is 70.2 Å². The first-order valence-corrected chi connectivity index (χ1v) is 16.5. The van der Waals surface area contributed by atoms with Gasteiger partial charge in [0.2, 0.25) is 23.6 Å². The van der Waals surface area contributed by atoms with E-state index in [0.29, 0.717) is 38.1 Å². The van der Waals surface area contributed by atoms with Gasteiger partial charge in [0.1, 0.15) is 17.6 Å². The molecule has 1 aliphatic heterocycles. The number of Topliss-reactive ketones (excluding diaryl/α,β-unsaturated/α-hetero) is 2. The minimum absolute atomic E-state index is 0.0223. The highest BCUT2D eigenvalue weighted by molar-refractivity contribution is 8.00. The molecule has 43 heavy (non-hydrogen) atoms. The number of unbranched alkanes of at least 4 members (excludes halogenated alkanes) is 2. The van der Waals surface area contributed by atoms with E-state index >= 15 is 0 Å². The molecule has 0 aromatic rings. The highest BCUT2D eigenvalue weighted by atomic mass is 32.2. The third-order valence-corrected chi connectivity index (χ3v) is 9.09. The van der Waals surface area contributed by atoms with Gasteiger partial charge in [0.15, 0.2) is 0 Å². The highest BCUT2D eigenvalue weighted by Crippen LogP contribution is 2.27. The van der Waals surface area contributed by atoms with Crippen LogP contribution in [0.3, 0.4) is 0 Å². The Morgan fingerprint density at radius 1 is 0.837 bits per heavy atom. The molecule has 0 aliphatic carbocycles. The van der Waals surface area contributed by atoms with Crippen LogP contribution in [0.1, 0.15) is 92.9 Å². The van der Waals surface area contributed by atoms with Crippen molar-refractivity contribution in [3.05, 3.63) is 0 Å². The zero-order valence-corrected chi connectivity index (χ0v) is 29.1. The highest BCUT2D eigenvalue weighted by Gasteiger charge is 2.38. The molecule has 10 nitrogen and oxygen atoms in total. The summed E-state index contributed by atoms with van der Waals surface area (Å²) in [5.41, 5.74) is -1.04. The zero-order valence-electron chi connectivity index (χ0n) is 28.3. The molecule has 0 aromatic carbocycles. The molecule has 246 valence electrons. The molecule has 1 heterocycles. The van der Waals surface area contributed by atoms with E-state index < -0.39 is 22.1 Å².